The van der Waals surface area contributed by atoms with Crippen molar-refractivity contribution in [3.63, 3.8) is 0 Å². The molecule has 0 unspecified atom stereocenters. The predicted molar refractivity (Wildman–Crippen MR) is 135 cm³/mol. The molecule has 0 saturated heterocycles. The quantitative estimate of drug-likeness (QED) is 0.349. The number of amides is 1. The fourth-order valence-electron chi connectivity index (χ4n) is 3.39. The first-order chi connectivity index (χ1) is 16.5. The van der Waals surface area contributed by atoms with Crippen LogP contribution in [0, 0.1) is 13.8 Å². The fourth-order valence-corrected chi connectivity index (χ4v) is 4.14. The Hall–Kier alpha value is -3.78. The van der Waals surface area contributed by atoms with E-state index >= 15 is 0 Å². The van der Waals surface area contributed by atoms with E-state index in [-0.39, 0.29) is 11.7 Å². The number of nitrogens with zero attached hydrogens (tertiary/aromatic N) is 3. The van der Waals surface area contributed by atoms with Gasteiger partial charge in [-0.25, -0.2) is 0 Å². The van der Waals surface area contributed by atoms with E-state index in [9.17, 15) is 4.79 Å². The second-order valence-corrected chi connectivity index (χ2v) is 8.72. The predicted octanol–water partition coefficient (Wildman–Crippen LogP) is 5.30. The lowest BCUT2D eigenvalue weighted by atomic mass is 10.1. The van der Waals surface area contributed by atoms with Crippen LogP contribution in [0.1, 0.15) is 11.1 Å². The molecular weight excluding hydrogens is 448 g/mol. The minimum absolute atomic E-state index is 0.164. The van der Waals surface area contributed by atoms with Crippen LogP contribution in [-0.4, -0.2) is 40.6 Å². The number of carbonyl (C=O) groups is 1. The molecule has 4 rings (SSSR count). The Labute approximate surface area is 203 Å². The molecule has 1 aromatic heterocycles. The number of nitrogens with one attached hydrogen (secondary N) is 1. The van der Waals surface area contributed by atoms with Gasteiger partial charge < -0.3 is 14.8 Å². The van der Waals surface area contributed by atoms with Gasteiger partial charge in [0.05, 0.1) is 20.0 Å². The topological polar surface area (TPSA) is 78.3 Å². The zero-order chi connectivity index (χ0) is 24.1. The van der Waals surface area contributed by atoms with Gasteiger partial charge in [0.25, 0.3) is 0 Å². The number of hydrogen-bond acceptors (Lipinski definition) is 6. The van der Waals surface area contributed by atoms with E-state index in [1.165, 1.54) is 17.3 Å². The molecule has 7 nitrogen and oxygen atoms in total. The Morgan fingerprint density at radius 2 is 1.47 bits per heavy atom. The van der Waals surface area contributed by atoms with Crippen molar-refractivity contribution in [3.8, 4) is 28.6 Å². The van der Waals surface area contributed by atoms with Gasteiger partial charge in [-0.3, -0.25) is 9.36 Å². The average Bonchev–Trinajstić information content (AvgIpc) is 3.27. The Morgan fingerprint density at radius 3 is 2.06 bits per heavy atom. The van der Waals surface area contributed by atoms with Crippen LogP contribution in [0.5, 0.6) is 11.5 Å². The number of benzene rings is 3. The van der Waals surface area contributed by atoms with Crippen LogP contribution >= 0.6 is 11.8 Å². The first-order valence-electron chi connectivity index (χ1n) is 10.7. The molecule has 0 aliphatic carbocycles. The molecule has 0 fully saturated rings. The molecule has 0 bridgehead atoms. The van der Waals surface area contributed by atoms with Crippen LogP contribution in [0.25, 0.3) is 17.1 Å². The molecule has 0 saturated carbocycles. The van der Waals surface area contributed by atoms with Gasteiger partial charge in [-0.15, -0.1) is 10.2 Å². The lowest BCUT2D eigenvalue weighted by Crippen LogP contribution is -2.14. The van der Waals surface area contributed by atoms with Gasteiger partial charge in [0.1, 0.15) is 11.5 Å². The Balaban J connectivity index is 1.58. The minimum atomic E-state index is -0.171. The molecule has 8 heteroatoms. The molecule has 1 heterocycles. The highest BCUT2D eigenvalue weighted by Gasteiger charge is 2.17. The van der Waals surface area contributed by atoms with E-state index in [1.54, 1.807) is 32.4 Å². The summed E-state index contributed by atoms with van der Waals surface area (Å²) in [5.74, 6) is 1.92. The number of methoxy groups -OCH3 is 2. The number of aryl methyl sites for hydroxylation is 2. The van der Waals surface area contributed by atoms with E-state index in [2.05, 4.69) is 15.5 Å². The number of anilines is 1. The Kier molecular flexibility index (Phi) is 7.18. The maximum absolute atomic E-state index is 12.7. The third-order valence-electron chi connectivity index (χ3n) is 5.20. The van der Waals surface area contributed by atoms with Crippen molar-refractivity contribution >= 4 is 23.4 Å². The van der Waals surface area contributed by atoms with Crippen molar-refractivity contribution in [1.29, 1.82) is 0 Å². The van der Waals surface area contributed by atoms with Crippen LogP contribution in [0.3, 0.4) is 0 Å². The molecule has 1 amide bonds. The van der Waals surface area contributed by atoms with Crippen LogP contribution in [0.2, 0.25) is 0 Å². The number of hydrogen-bond donors (Lipinski definition) is 1. The molecule has 0 aliphatic heterocycles. The highest BCUT2D eigenvalue weighted by Crippen LogP contribution is 2.29. The van der Waals surface area contributed by atoms with Crippen molar-refractivity contribution in [2.75, 3.05) is 25.3 Å². The molecule has 0 spiro atoms. The van der Waals surface area contributed by atoms with E-state index < -0.39 is 0 Å². The van der Waals surface area contributed by atoms with Crippen molar-refractivity contribution in [2.45, 2.75) is 19.0 Å². The SMILES string of the molecule is COc1cc(NC(=O)CSc2nnc(-c3ccc(C)cc3)n2-c2ccc(C)cc2)cc(OC)c1. The van der Waals surface area contributed by atoms with E-state index in [4.69, 9.17) is 9.47 Å². The molecular formula is C26H26N4O3S. The van der Waals surface area contributed by atoms with Crippen LogP contribution in [0.15, 0.2) is 71.9 Å². The van der Waals surface area contributed by atoms with Crippen LogP contribution in [0.4, 0.5) is 5.69 Å². The standard InChI is InChI=1S/C26H26N4O3S/c1-17-5-9-19(10-6-17)25-28-29-26(30(25)21-11-7-18(2)8-12-21)34-16-24(31)27-20-13-22(32-3)15-23(14-20)33-4/h5-15H,16H2,1-4H3,(H,27,31). The maximum Gasteiger partial charge on any atom is 0.234 e. The molecule has 4 aromatic rings. The van der Waals surface area contributed by atoms with Gasteiger partial charge in [0.15, 0.2) is 11.0 Å². The molecule has 0 atom stereocenters. The summed E-state index contributed by atoms with van der Waals surface area (Å²) in [5, 5.41) is 12.4. The first kappa shape index (κ1) is 23.4. The Bertz CT molecular complexity index is 1260. The molecule has 0 radical (unpaired) electrons. The maximum atomic E-state index is 12.7. The third-order valence-corrected chi connectivity index (χ3v) is 6.13. The van der Waals surface area contributed by atoms with Crippen molar-refractivity contribution in [3.05, 3.63) is 77.9 Å². The second kappa shape index (κ2) is 10.4. The lowest BCUT2D eigenvalue weighted by Gasteiger charge is -2.12. The smallest absolute Gasteiger partial charge is 0.234 e. The average molecular weight is 475 g/mol. The first-order valence-corrected chi connectivity index (χ1v) is 11.7. The van der Waals surface area contributed by atoms with Crippen LogP contribution in [-0.2, 0) is 4.79 Å². The lowest BCUT2D eigenvalue weighted by molar-refractivity contribution is -0.113. The zero-order valence-electron chi connectivity index (χ0n) is 19.5. The minimum Gasteiger partial charge on any atom is -0.497 e. The summed E-state index contributed by atoms with van der Waals surface area (Å²) >= 11 is 1.33. The number of aromatic nitrogens is 3. The van der Waals surface area contributed by atoms with Gasteiger partial charge in [-0.05, 0) is 26.0 Å². The summed E-state index contributed by atoms with van der Waals surface area (Å²) in [6.45, 7) is 4.09. The molecule has 3 aromatic carbocycles. The molecule has 1 N–H and O–H groups in total. The largest absolute Gasteiger partial charge is 0.497 e. The van der Waals surface area contributed by atoms with Gasteiger partial charge in [0.2, 0.25) is 5.91 Å². The summed E-state index contributed by atoms with van der Waals surface area (Å²) in [6, 6.07) is 21.6. The number of rotatable bonds is 8. The number of ether oxygens (including phenoxy) is 2. The van der Waals surface area contributed by atoms with Gasteiger partial charge >= 0.3 is 0 Å². The summed E-state index contributed by atoms with van der Waals surface area (Å²) in [4.78, 5) is 12.7. The van der Waals surface area contributed by atoms with E-state index in [0.29, 0.717) is 22.3 Å². The highest BCUT2D eigenvalue weighted by atomic mass is 32.2. The number of carbonyl (C=O) groups excluding carboxylic acids is 1. The highest BCUT2D eigenvalue weighted by molar-refractivity contribution is 7.99. The van der Waals surface area contributed by atoms with E-state index in [0.717, 1.165) is 22.6 Å². The van der Waals surface area contributed by atoms with Gasteiger partial charge in [0, 0.05) is 35.1 Å². The molecule has 34 heavy (non-hydrogen) atoms. The summed E-state index contributed by atoms with van der Waals surface area (Å²) in [6.07, 6.45) is 0. The third kappa shape index (κ3) is 5.40. The second-order valence-electron chi connectivity index (χ2n) is 7.78. The number of thioether (sulfide) groups is 1. The van der Waals surface area contributed by atoms with Crippen molar-refractivity contribution in [1.82, 2.24) is 14.8 Å². The summed E-state index contributed by atoms with van der Waals surface area (Å²) < 4.78 is 12.5. The summed E-state index contributed by atoms with van der Waals surface area (Å²) in [5.41, 5.74) is 4.83. The monoisotopic (exact) mass is 474 g/mol. The van der Waals surface area contributed by atoms with E-state index in [1.807, 2.05) is 66.9 Å². The fraction of sp³-hybridized carbons (Fsp3) is 0.192. The van der Waals surface area contributed by atoms with Crippen molar-refractivity contribution in [2.24, 2.45) is 0 Å². The summed E-state index contributed by atoms with van der Waals surface area (Å²) in [7, 11) is 3.14. The van der Waals surface area contributed by atoms with Gasteiger partial charge in [-0.1, -0.05) is 59.3 Å². The molecule has 174 valence electrons. The Morgan fingerprint density at radius 1 is 0.882 bits per heavy atom. The van der Waals surface area contributed by atoms with Crippen molar-refractivity contribution < 1.29 is 14.3 Å². The van der Waals surface area contributed by atoms with Crippen LogP contribution < -0.4 is 14.8 Å². The normalized spacial score (nSPS) is 10.7. The van der Waals surface area contributed by atoms with Gasteiger partial charge in [-0.2, -0.15) is 0 Å². The molecule has 0 aliphatic rings. The zero-order valence-corrected chi connectivity index (χ0v) is 20.3.